The van der Waals surface area contributed by atoms with Gasteiger partial charge in [-0.2, -0.15) is 5.26 Å². The van der Waals surface area contributed by atoms with E-state index in [1.165, 1.54) is 11.6 Å². The highest BCUT2D eigenvalue weighted by atomic mass is 16.2. The molecule has 0 aliphatic carbocycles. The normalized spacial score (nSPS) is 15.2. The van der Waals surface area contributed by atoms with Gasteiger partial charge in [-0.15, -0.1) is 10.2 Å². The van der Waals surface area contributed by atoms with E-state index in [-0.39, 0.29) is 11.5 Å². The first-order chi connectivity index (χ1) is 13.0. The molecule has 0 saturated carbocycles. The molecule has 4 heterocycles. The van der Waals surface area contributed by atoms with E-state index in [0.717, 1.165) is 28.9 Å². The number of hydrogen-bond acceptors (Lipinski definition) is 6. The molecule has 0 unspecified atom stereocenters. The summed E-state index contributed by atoms with van der Waals surface area (Å²) in [5.41, 5.74) is -0.164. The lowest BCUT2D eigenvalue weighted by atomic mass is 9.95. The lowest BCUT2D eigenvalue weighted by Crippen LogP contribution is -2.44. The van der Waals surface area contributed by atoms with Crippen LogP contribution in [0.1, 0.15) is 30.1 Å². The molecule has 9 nitrogen and oxygen atoms in total. The highest BCUT2D eigenvalue weighted by Crippen LogP contribution is 2.29. The SMILES string of the molecule is Cn1c(N2CCC(c3nnc4ccccn34)CC2)c(C#N)c(=O)n(C)c1=O. The largest absolute Gasteiger partial charge is 0.357 e. The number of pyridine rings is 1. The number of rotatable bonds is 2. The molecule has 0 atom stereocenters. The Bertz CT molecular complexity index is 1170. The summed E-state index contributed by atoms with van der Waals surface area (Å²) in [4.78, 5) is 26.5. The minimum Gasteiger partial charge on any atom is -0.357 e. The fourth-order valence-electron chi connectivity index (χ4n) is 3.79. The molecule has 138 valence electrons. The summed E-state index contributed by atoms with van der Waals surface area (Å²) < 4.78 is 4.35. The van der Waals surface area contributed by atoms with E-state index in [9.17, 15) is 14.9 Å². The van der Waals surface area contributed by atoms with Crippen molar-refractivity contribution >= 4 is 11.5 Å². The van der Waals surface area contributed by atoms with E-state index < -0.39 is 11.2 Å². The summed E-state index contributed by atoms with van der Waals surface area (Å²) in [6.45, 7) is 1.25. The van der Waals surface area contributed by atoms with E-state index >= 15 is 0 Å². The fraction of sp³-hybridized carbons (Fsp3) is 0.389. The monoisotopic (exact) mass is 365 g/mol. The van der Waals surface area contributed by atoms with Crippen molar-refractivity contribution in [1.82, 2.24) is 23.7 Å². The first kappa shape index (κ1) is 17.0. The molecule has 1 saturated heterocycles. The van der Waals surface area contributed by atoms with Gasteiger partial charge in [0.2, 0.25) is 0 Å². The Kier molecular flexibility index (Phi) is 4.03. The maximum atomic E-state index is 12.3. The molecular formula is C18H19N7O2. The van der Waals surface area contributed by atoms with Crippen LogP contribution in [0, 0.1) is 11.3 Å². The maximum absolute atomic E-state index is 12.3. The van der Waals surface area contributed by atoms with Gasteiger partial charge in [0.25, 0.3) is 5.56 Å². The highest BCUT2D eigenvalue weighted by molar-refractivity contribution is 5.54. The zero-order valence-corrected chi connectivity index (χ0v) is 15.2. The molecule has 0 N–H and O–H groups in total. The van der Waals surface area contributed by atoms with Crippen molar-refractivity contribution in [3.05, 3.63) is 56.6 Å². The van der Waals surface area contributed by atoms with Crippen LogP contribution in [-0.2, 0) is 14.1 Å². The maximum Gasteiger partial charge on any atom is 0.332 e. The molecule has 1 aliphatic heterocycles. The third-order valence-corrected chi connectivity index (χ3v) is 5.25. The molecular weight excluding hydrogens is 346 g/mol. The molecule has 3 aromatic heterocycles. The van der Waals surface area contributed by atoms with Crippen molar-refractivity contribution in [1.29, 1.82) is 5.26 Å². The van der Waals surface area contributed by atoms with Crippen molar-refractivity contribution in [3.8, 4) is 6.07 Å². The van der Waals surface area contributed by atoms with E-state index in [1.807, 2.05) is 39.8 Å². The average Bonchev–Trinajstić information content (AvgIpc) is 3.13. The Morgan fingerprint density at radius 2 is 1.85 bits per heavy atom. The van der Waals surface area contributed by atoms with Crippen LogP contribution in [0.4, 0.5) is 5.82 Å². The van der Waals surface area contributed by atoms with Crippen molar-refractivity contribution < 1.29 is 0 Å². The van der Waals surface area contributed by atoms with Crippen LogP contribution in [0.3, 0.4) is 0 Å². The van der Waals surface area contributed by atoms with Crippen LogP contribution in [0.15, 0.2) is 34.0 Å². The smallest absolute Gasteiger partial charge is 0.332 e. The second kappa shape index (κ2) is 6.39. The zero-order valence-electron chi connectivity index (χ0n) is 15.2. The first-order valence-corrected chi connectivity index (χ1v) is 8.77. The van der Waals surface area contributed by atoms with Gasteiger partial charge in [-0.3, -0.25) is 18.3 Å². The number of hydrogen-bond donors (Lipinski definition) is 0. The lowest BCUT2D eigenvalue weighted by molar-refractivity contribution is 0.473. The Hall–Kier alpha value is -3.41. The predicted octanol–water partition coefficient (Wildman–Crippen LogP) is 0.382. The van der Waals surface area contributed by atoms with Gasteiger partial charge in [-0.1, -0.05) is 6.07 Å². The van der Waals surface area contributed by atoms with Gasteiger partial charge < -0.3 is 4.90 Å². The van der Waals surface area contributed by atoms with E-state index in [0.29, 0.717) is 18.9 Å². The Morgan fingerprint density at radius 1 is 1.11 bits per heavy atom. The summed E-state index contributed by atoms with van der Waals surface area (Å²) in [6.07, 6.45) is 3.54. The molecule has 0 radical (unpaired) electrons. The second-order valence-corrected chi connectivity index (χ2v) is 6.76. The molecule has 1 fully saturated rings. The van der Waals surface area contributed by atoms with Crippen LogP contribution in [0.2, 0.25) is 0 Å². The molecule has 0 aromatic carbocycles. The molecule has 27 heavy (non-hydrogen) atoms. The zero-order chi connectivity index (χ0) is 19.1. The van der Waals surface area contributed by atoms with Gasteiger partial charge in [0.1, 0.15) is 17.7 Å². The topological polar surface area (TPSA) is 101 Å². The van der Waals surface area contributed by atoms with Gasteiger partial charge in [0, 0.05) is 39.3 Å². The summed E-state index contributed by atoms with van der Waals surface area (Å²) in [7, 11) is 2.98. The van der Waals surface area contributed by atoms with Gasteiger partial charge >= 0.3 is 5.69 Å². The molecule has 0 amide bonds. The average molecular weight is 365 g/mol. The van der Waals surface area contributed by atoms with Gasteiger partial charge in [0.15, 0.2) is 11.2 Å². The highest BCUT2D eigenvalue weighted by Gasteiger charge is 2.28. The lowest BCUT2D eigenvalue weighted by Gasteiger charge is -2.34. The first-order valence-electron chi connectivity index (χ1n) is 8.77. The Morgan fingerprint density at radius 3 is 2.56 bits per heavy atom. The number of anilines is 1. The number of piperidine rings is 1. The van der Waals surface area contributed by atoms with Crippen LogP contribution in [0.25, 0.3) is 5.65 Å². The third kappa shape index (κ3) is 2.61. The van der Waals surface area contributed by atoms with Crippen molar-refractivity contribution in [2.45, 2.75) is 18.8 Å². The molecule has 4 rings (SSSR count). The minimum atomic E-state index is -0.554. The fourth-order valence-corrected chi connectivity index (χ4v) is 3.79. The molecule has 3 aromatic rings. The van der Waals surface area contributed by atoms with Gasteiger partial charge in [-0.05, 0) is 25.0 Å². The molecule has 0 spiro atoms. The van der Waals surface area contributed by atoms with Crippen LogP contribution >= 0.6 is 0 Å². The molecule has 9 heteroatoms. The van der Waals surface area contributed by atoms with Crippen molar-refractivity contribution in [3.63, 3.8) is 0 Å². The number of aromatic nitrogens is 5. The summed E-state index contributed by atoms with van der Waals surface area (Å²) in [5.74, 6) is 1.55. The van der Waals surface area contributed by atoms with Gasteiger partial charge in [-0.25, -0.2) is 4.79 Å². The number of nitrogens with zero attached hydrogens (tertiary/aromatic N) is 7. The predicted molar refractivity (Wildman–Crippen MR) is 98.8 cm³/mol. The van der Waals surface area contributed by atoms with Crippen molar-refractivity contribution in [2.24, 2.45) is 14.1 Å². The molecule has 0 bridgehead atoms. The second-order valence-electron chi connectivity index (χ2n) is 6.76. The number of fused-ring (bicyclic) bond motifs is 1. The summed E-state index contributed by atoms with van der Waals surface area (Å²) in [6, 6.07) is 7.76. The quantitative estimate of drug-likeness (QED) is 0.651. The summed E-state index contributed by atoms with van der Waals surface area (Å²) in [5, 5.41) is 18.0. The van der Waals surface area contributed by atoms with Crippen LogP contribution in [-0.4, -0.2) is 36.8 Å². The molecule has 1 aliphatic rings. The van der Waals surface area contributed by atoms with Crippen LogP contribution in [0.5, 0.6) is 0 Å². The van der Waals surface area contributed by atoms with Crippen LogP contribution < -0.4 is 16.1 Å². The van der Waals surface area contributed by atoms with Crippen molar-refractivity contribution in [2.75, 3.05) is 18.0 Å². The Balaban J connectivity index is 1.65. The summed E-state index contributed by atoms with van der Waals surface area (Å²) >= 11 is 0. The van der Waals surface area contributed by atoms with E-state index in [2.05, 4.69) is 10.2 Å². The minimum absolute atomic E-state index is 0.00553. The Labute approximate surface area is 154 Å². The standard InChI is InChI=1S/C18H19N7O2/c1-22-16(13(11-19)17(26)23(2)18(22)27)24-9-6-12(7-10-24)15-21-20-14-5-3-4-8-25(14)15/h3-5,8,12H,6-7,9-10H2,1-2H3. The van der Waals surface area contributed by atoms with E-state index in [1.54, 1.807) is 7.05 Å². The van der Waals surface area contributed by atoms with Gasteiger partial charge in [0.05, 0.1) is 0 Å². The third-order valence-electron chi connectivity index (χ3n) is 5.25. The van der Waals surface area contributed by atoms with E-state index in [4.69, 9.17) is 0 Å². The number of nitriles is 1.